The Morgan fingerprint density at radius 1 is 0.879 bits per heavy atom. The van der Waals surface area contributed by atoms with Crippen molar-refractivity contribution in [3.8, 4) is 0 Å². The van der Waals surface area contributed by atoms with Gasteiger partial charge in [0.25, 0.3) is 0 Å². The van der Waals surface area contributed by atoms with Crippen molar-refractivity contribution in [2.45, 2.75) is 25.2 Å². The van der Waals surface area contributed by atoms with E-state index in [9.17, 15) is 0 Å². The minimum Gasteiger partial charge on any atom is -0.361 e. The number of H-pyrrole nitrogens is 1. The van der Waals surface area contributed by atoms with E-state index in [0.29, 0.717) is 11.8 Å². The maximum absolute atomic E-state index is 4.31. The molecule has 1 aromatic heterocycles. The molecule has 3 nitrogen and oxygen atoms in total. The van der Waals surface area contributed by atoms with Crippen molar-refractivity contribution >= 4 is 34.9 Å². The molecule has 5 rings (SSSR count). The summed E-state index contributed by atoms with van der Waals surface area (Å²) in [7, 11) is 0. The van der Waals surface area contributed by atoms with Gasteiger partial charge < -0.3 is 10.4 Å². The predicted octanol–water partition coefficient (Wildman–Crippen LogP) is 6.89. The molecule has 1 fully saturated rings. The number of nitrogens with one attached hydrogen (secondary N) is 2. The van der Waals surface area contributed by atoms with Gasteiger partial charge in [-0.15, -0.1) is 24.0 Å². The molecule has 0 unspecified atom stereocenters. The van der Waals surface area contributed by atoms with Gasteiger partial charge in [-0.2, -0.15) is 0 Å². The minimum atomic E-state index is 0. The number of hydrazine groups is 1. The third-order valence-electron chi connectivity index (χ3n) is 6.72. The number of halogens is 1. The van der Waals surface area contributed by atoms with Crippen LogP contribution in [0.25, 0.3) is 10.9 Å². The van der Waals surface area contributed by atoms with E-state index < -0.39 is 0 Å². The second-order valence-corrected chi connectivity index (χ2v) is 8.88. The van der Waals surface area contributed by atoms with Crippen LogP contribution in [-0.4, -0.2) is 23.1 Å². The Morgan fingerprint density at radius 3 is 2.09 bits per heavy atom. The van der Waals surface area contributed by atoms with E-state index in [1.807, 2.05) is 0 Å². The summed E-state index contributed by atoms with van der Waals surface area (Å²) in [4.78, 5) is 3.36. The lowest BCUT2D eigenvalue weighted by Crippen LogP contribution is -2.44. The molecule has 2 heterocycles. The topological polar surface area (TPSA) is 31.1 Å². The van der Waals surface area contributed by atoms with Gasteiger partial charge in [0, 0.05) is 48.2 Å². The van der Waals surface area contributed by atoms with Gasteiger partial charge in [-0.1, -0.05) is 85.4 Å². The second kappa shape index (κ2) is 11.0. The number of fused-ring (bicyclic) bond motifs is 1. The maximum atomic E-state index is 4.31. The van der Waals surface area contributed by atoms with Crippen molar-refractivity contribution in [1.82, 2.24) is 15.4 Å². The minimum absolute atomic E-state index is 0. The average Bonchev–Trinajstić information content (AvgIpc) is 3.24. The predicted molar refractivity (Wildman–Crippen MR) is 149 cm³/mol. The lowest BCUT2D eigenvalue weighted by molar-refractivity contribution is 0.133. The molecule has 0 amide bonds. The number of aromatic amines is 1. The largest absolute Gasteiger partial charge is 0.361 e. The Kier molecular flexibility index (Phi) is 7.89. The van der Waals surface area contributed by atoms with Crippen molar-refractivity contribution < 1.29 is 0 Å². The molecule has 2 N–H and O–H groups in total. The van der Waals surface area contributed by atoms with Gasteiger partial charge in [-0.05, 0) is 41.5 Å². The van der Waals surface area contributed by atoms with Gasteiger partial charge >= 0.3 is 0 Å². The van der Waals surface area contributed by atoms with Crippen LogP contribution in [-0.2, 0) is 6.42 Å². The van der Waals surface area contributed by atoms with Crippen molar-refractivity contribution in [3.63, 3.8) is 0 Å². The van der Waals surface area contributed by atoms with Crippen LogP contribution in [0.5, 0.6) is 0 Å². The number of allylic oxidation sites excluding steroid dienone is 1. The number of piperidine rings is 1. The molecule has 0 radical (unpaired) electrons. The summed E-state index contributed by atoms with van der Waals surface area (Å²) < 4.78 is 0. The van der Waals surface area contributed by atoms with E-state index >= 15 is 0 Å². The zero-order chi connectivity index (χ0) is 21.8. The van der Waals surface area contributed by atoms with Gasteiger partial charge in [-0.3, -0.25) is 0 Å². The van der Waals surface area contributed by atoms with Crippen LogP contribution < -0.4 is 5.43 Å². The summed E-state index contributed by atoms with van der Waals surface area (Å²) in [5.41, 5.74) is 9.96. The molecule has 1 aliphatic rings. The Morgan fingerprint density at radius 2 is 1.45 bits per heavy atom. The summed E-state index contributed by atoms with van der Waals surface area (Å²) >= 11 is 0. The Balaban J connectivity index is 0.00000259. The molecular formula is C29H32IN3. The summed E-state index contributed by atoms with van der Waals surface area (Å²) in [6.07, 6.45) is 5.28. The lowest BCUT2D eigenvalue weighted by Gasteiger charge is -2.37. The first kappa shape index (κ1) is 23.6. The molecule has 170 valence electrons. The van der Waals surface area contributed by atoms with Crippen LogP contribution in [0.4, 0.5) is 0 Å². The fraction of sp³-hybridized carbons (Fsp3) is 0.241. The van der Waals surface area contributed by atoms with E-state index in [4.69, 9.17) is 0 Å². The van der Waals surface area contributed by atoms with E-state index in [0.717, 1.165) is 25.2 Å². The van der Waals surface area contributed by atoms with E-state index in [2.05, 4.69) is 113 Å². The average molecular weight is 550 g/mol. The van der Waals surface area contributed by atoms with Gasteiger partial charge in [-0.25, -0.2) is 5.01 Å². The van der Waals surface area contributed by atoms with E-state index in [1.54, 1.807) is 0 Å². The first-order chi connectivity index (χ1) is 15.8. The summed E-state index contributed by atoms with van der Waals surface area (Å²) in [5, 5.41) is 3.63. The maximum Gasteiger partial charge on any atom is 0.0456 e. The van der Waals surface area contributed by atoms with Crippen molar-refractivity contribution in [3.05, 3.63) is 120 Å². The second-order valence-electron chi connectivity index (χ2n) is 8.88. The van der Waals surface area contributed by atoms with Crippen LogP contribution in [0.1, 0.15) is 35.4 Å². The Bertz CT molecular complexity index is 1120. The monoisotopic (exact) mass is 549 g/mol. The number of para-hydroxylation sites is 1. The summed E-state index contributed by atoms with van der Waals surface area (Å²) in [6, 6.07) is 30.5. The van der Waals surface area contributed by atoms with Gasteiger partial charge in [0.15, 0.2) is 0 Å². The van der Waals surface area contributed by atoms with Crippen LogP contribution in [0.15, 0.2) is 103 Å². The standard InChI is InChI=1S/C29H31N3.HI/c1-22(20-26-21-30-28-15-9-8-14-27(26)28)31-32-18-16-25(17-19-32)29(23-10-4-2-5-11-23)24-12-6-3-7-13-24;/h2-15,21,25,29-31H,1,16-20H2;1H. The molecule has 0 atom stereocenters. The number of nitrogens with zero attached hydrogens (tertiary/aromatic N) is 1. The molecular weight excluding hydrogens is 517 g/mol. The number of rotatable bonds is 7. The summed E-state index contributed by atoms with van der Waals surface area (Å²) in [6.45, 7) is 6.38. The molecule has 0 spiro atoms. The van der Waals surface area contributed by atoms with Crippen molar-refractivity contribution in [1.29, 1.82) is 0 Å². The van der Waals surface area contributed by atoms with Crippen molar-refractivity contribution in [2.75, 3.05) is 13.1 Å². The molecule has 0 saturated carbocycles. The summed E-state index contributed by atoms with van der Waals surface area (Å²) in [5.74, 6) is 1.09. The molecule has 4 aromatic rings. The Labute approximate surface area is 213 Å². The highest BCUT2D eigenvalue weighted by Gasteiger charge is 2.29. The van der Waals surface area contributed by atoms with Crippen LogP contribution in [0.3, 0.4) is 0 Å². The Hall–Kier alpha value is -2.57. The van der Waals surface area contributed by atoms with Gasteiger partial charge in [0.2, 0.25) is 0 Å². The number of aromatic nitrogens is 1. The zero-order valence-electron chi connectivity index (χ0n) is 18.9. The van der Waals surface area contributed by atoms with Crippen molar-refractivity contribution in [2.24, 2.45) is 5.92 Å². The molecule has 0 aliphatic carbocycles. The smallest absolute Gasteiger partial charge is 0.0456 e. The fourth-order valence-electron chi connectivity index (χ4n) is 5.17. The van der Waals surface area contributed by atoms with Crippen LogP contribution in [0, 0.1) is 5.92 Å². The first-order valence-electron chi connectivity index (χ1n) is 11.6. The normalized spacial score (nSPS) is 14.8. The first-order valence-corrected chi connectivity index (χ1v) is 11.6. The van der Waals surface area contributed by atoms with Crippen LogP contribution in [0.2, 0.25) is 0 Å². The molecule has 1 aliphatic heterocycles. The quantitative estimate of drug-likeness (QED) is 0.246. The van der Waals surface area contributed by atoms with E-state index in [1.165, 1.54) is 40.4 Å². The molecule has 3 aromatic carbocycles. The molecule has 0 bridgehead atoms. The highest BCUT2D eigenvalue weighted by Crippen LogP contribution is 2.37. The highest BCUT2D eigenvalue weighted by atomic mass is 127. The van der Waals surface area contributed by atoms with Gasteiger partial charge in [0.05, 0.1) is 0 Å². The highest BCUT2D eigenvalue weighted by molar-refractivity contribution is 14.0. The molecule has 33 heavy (non-hydrogen) atoms. The number of hydrogen-bond acceptors (Lipinski definition) is 2. The number of hydrogen-bond donors (Lipinski definition) is 2. The van der Waals surface area contributed by atoms with Crippen LogP contribution >= 0.6 is 24.0 Å². The molecule has 1 saturated heterocycles. The number of benzene rings is 3. The lowest BCUT2D eigenvalue weighted by atomic mass is 9.76. The SMILES string of the molecule is C=C(Cc1c[nH]c2ccccc12)NN1CCC(C(c2ccccc2)c2ccccc2)CC1.I. The molecule has 4 heteroatoms. The van der Waals surface area contributed by atoms with Gasteiger partial charge in [0.1, 0.15) is 0 Å². The third-order valence-corrected chi connectivity index (χ3v) is 6.72. The fourth-order valence-corrected chi connectivity index (χ4v) is 5.17. The third kappa shape index (κ3) is 5.50. The van der Waals surface area contributed by atoms with E-state index in [-0.39, 0.29) is 24.0 Å². The zero-order valence-corrected chi connectivity index (χ0v) is 21.2.